The van der Waals surface area contributed by atoms with Crippen LogP contribution >= 0.6 is 11.3 Å². The lowest BCUT2D eigenvalue weighted by atomic mass is 10.0. The maximum absolute atomic E-state index is 11.4. The van der Waals surface area contributed by atoms with Gasteiger partial charge in [-0.25, -0.2) is 9.78 Å². The summed E-state index contributed by atoms with van der Waals surface area (Å²) in [5, 5.41) is 10.2. The molecule has 5 nitrogen and oxygen atoms in total. The van der Waals surface area contributed by atoms with E-state index in [9.17, 15) is 9.90 Å². The van der Waals surface area contributed by atoms with Gasteiger partial charge in [-0.15, -0.1) is 0 Å². The van der Waals surface area contributed by atoms with Crippen LogP contribution in [0.5, 0.6) is 0 Å². The van der Waals surface area contributed by atoms with Crippen LogP contribution in [0.4, 0.5) is 5.13 Å². The fraction of sp³-hybridized carbons (Fsp3) is 0.714. The Balaban J connectivity index is 2.23. The topological polar surface area (TPSA) is 56.7 Å². The standard InChI is InChI=1S/C14H23N3O2S/c1-5-9(2)11-12(13(18)19)20-14(15-11)17-7-6-10(8-17)16(3)4/h9-10H,5-8H2,1-4H3,(H,18,19). The first kappa shape index (κ1) is 15.3. The molecular formula is C14H23N3O2S. The molecule has 2 heterocycles. The lowest BCUT2D eigenvalue weighted by molar-refractivity contribution is 0.0700. The van der Waals surface area contributed by atoms with Crippen LogP contribution in [0.3, 0.4) is 0 Å². The lowest BCUT2D eigenvalue weighted by Crippen LogP contribution is -2.31. The van der Waals surface area contributed by atoms with Gasteiger partial charge in [-0.05, 0) is 32.9 Å². The molecule has 0 amide bonds. The maximum atomic E-state index is 11.4. The van der Waals surface area contributed by atoms with Gasteiger partial charge in [0.15, 0.2) is 5.13 Å². The molecule has 1 fully saturated rings. The highest BCUT2D eigenvalue weighted by molar-refractivity contribution is 7.17. The molecule has 1 aliphatic heterocycles. The van der Waals surface area contributed by atoms with Gasteiger partial charge in [0.25, 0.3) is 0 Å². The Labute approximate surface area is 124 Å². The number of thiazole rings is 1. The number of carboxylic acid groups (broad SMARTS) is 1. The molecule has 2 rings (SSSR count). The minimum absolute atomic E-state index is 0.193. The Hall–Kier alpha value is -1.14. The van der Waals surface area contributed by atoms with Gasteiger partial charge in [0, 0.05) is 19.1 Å². The van der Waals surface area contributed by atoms with Gasteiger partial charge in [0.1, 0.15) is 4.88 Å². The van der Waals surface area contributed by atoms with E-state index < -0.39 is 5.97 Å². The Kier molecular flexibility index (Phi) is 4.65. The first-order valence-corrected chi connectivity index (χ1v) is 7.91. The molecule has 0 aromatic carbocycles. The second kappa shape index (κ2) is 6.10. The Morgan fingerprint density at radius 1 is 1.60 bits per heavy atom. The van der Waals surface area contributed by atoms with Crippen molar-refractivity contribution in [3.63, 3.8) is 0 Å². The van der Waals surface area contributed by atoms with Gasteiger partial charge in [-0.3, -0.25) is 0 Å². The molecular weight excluding hydrogens is 274 g/mol. The van der Waals surface area contributed by atoms with E-state index in [1.165, 1.54) is 11.3 Å². The second-order valence-corrected chi connectivity index (χ2v) is 6.65. The Morgan fingerprint density at radius 3 is 2.80 bits per heavy atom. The number of aromatic carboxylic acids is 1. The fourth-order valence-electron chi connectivity index (χ4n) is 2.47. The largest absolute Gasteiger partial charge is 0.477 e. The third-order valence-electron chi connectivity index (χ3n) is 4.08. The van der Waals surface area contributed by atoms with Crippen molar-refractivity contribution in [2.24, 2.45) is 0 Å². The zero-order chi connectivity index (χ0) is 14.9. The molecule has 1 aromatic rings. The van der Waals surface area contributed by atoms with Gasteiger partial charge in [0.05, 0.1) is 5.69 Å². The van der Waals surface area contributed by atoms with Gasteiger partial charge < -0.3 is 14.9 Å². The highest BCUT2D eigenvalue weighted by Crippen LogP contribution is 2.34. The van der Waals surface area contributed by atoms with Gasteiger partial charge >= 0.3 is 5.97 Å². The molecule has 6 heteroatoms. The van der Waals surface area contributed by atoms with Crippen molar-refractivity contribution >= 4 is 22.4 Å². The smallest absolute Gasteiger partial charge is 0.347 e. The lowest BCUT2D eigenvalue weighted by Gasteiger charge is -2.19. The van der Waals surface area contributed by atoms with Crippen molar-refractivity contribution in [1.82, 2.24) is 9.88 Å². The van der Waals surface area contributed by atoms with Crippen molar-refractivity contribution in [2.45, 2.75) is 38.6 Å². The van der Waals surface area contributed by atoms with Crippen molar-refractivity contribution in [3.05, 3.63) is 10.6 Å². The number of nitrogens with zero attached hydrogens (tertiary/aromatic N) is 3. The molecule has 2 atom stereocenters. The summed E-state index contributed by atoms with van der Waals surface area (Å²) in [6.07, 6.45) is 2.01. The number of carboxylic acids is 1. The average Bonchev–Trinajstić information content (AvgIpc) is 3.03. The molecule has 1 saturated heterocycles. The number of hydrogen-bond acceptors (Lipinski definition) is 5. The molecule has 0 saturated carbocycles. The van der Waals surface area contributed by atoms with Crippen LogP contribution in [-0.2, 0) is 0 Å². The molecule has 1 aliphatic rings. The minimum Gasteiger partial charge on any atom is -0.477 e. The third kappa shape index (κ3) is 2.96. The van der Waals surface area contributed by atoms with E-state index in [2.05, 4.69) is 35.8 Å². The minimum atomic E-state index is -0.854. The van der Waals surface area contributed by atoms with Crippen LogP contribution in [0.2, 0.25) is 0 Å². The molecule has 0 spiro atoms. The van der Waals surface area contributed by atoms with E-state index in [-0.39, 0.29) is 5.92 Å². The molecule has 1 aromatic heterocycles. The van der Waals surface area contributed by atoms with Crippen LogP contribution < -0.4 is 4.90 Å². The molecule has 0 bridgehead atoms. The second-order valence-electron chi connectivity index (χ2n) is 5.68. The summed E-state index contributed by atoms with van der Waals surface area (Å²) >= 11 is 1.32. The fourth-order valence-corrected chi connectivity index (χ4v) is 3.53. The summed E-state index contributed by atoms with van der Waals surface area (Å²) in [6.45, 7) is 5.99. The van der Waals surface area contributed by atoms with E-state index in [1.807, 2.05) is 6.92 Å². The zero-order valence-electron chi connectivity index (χ0n) is 12.6. The van der Waals surface area contributed by atoms with Gasteiger partial charge in [-0.2, -0.15) is 0 Å². The SMILES string of the molecule is CCC(C)c1nc(N2CCC(N(C)C)C2)sc1C(=O)O. The highest BCUT2D eigenvalue weighted by Gasteiger charge is 2.29. The number of aromatic nitrogens is 1. The van der Waals surface area contributed by atoms with Crippen molar-refractivity contribution < 1.29 is 9.90 Å². The molecule has 0 radical (unpaired) electrons. The van der Waals surface area contributed by atoms with E-state index in [4.69, 9.17) is 0 Å². The maximum Gasteiger partial charge on any atom is 0.347 e. The zero-order valence-corrected chi connectivity index (χ0v) is 13.4. The number of carbonyl (C=O) groups is 1. The normalized spacial score (nSPS) is 20.6. The first-order chi connectivity index (χ1) is 9.43. The summed E-state index contributed by atoms with van der Waals surface area (Å²) in [6, 6.07) is 0.527. The van der Waals surface area contributed by atoms with Gasteiger partial charge in [0.2, 0.25) is 0 Å². The molecule has 2 unspecified atom stereocenters. The van der Waals surface area contributed by atoms with Crippen molar-refractivity contribution in [3.8, 4) is 0 Å². The van der Waals surface area contributed by atoms with E-state index in [1.54, 1.807) is 0 Å². The number of likely N-dealkylation sites (N-methyl/N-ethyl adjacent to an activating group) is 1. The van der Waals surface area contributed by atoms with Crippen LogP contribution in [0.25, 0.3) is 0 Å². The molecule has 20 heavy (non-hydrogen) atoms. The predicted octanol–water partition coefficient (Wildman–Crippen LogP) is 2.50. The average molecular weight is 297 g/mol. The van der Waals surface area contributed by atoms with Crippen molar-refractivity contribution in [2.75, 3.05) is 32.1 Å². The van der Waals surface area contributed by atoms with Crippen molar-refractivity contribution in [1.29, 1.82) is 0 Å². The van der Waals surface area contributed by atoms with Gasteiger partial charge in [-0.1, -0.05) is 25.2 Å². The Bertz CT molecular complexity index is 487. The molecule has 1 N–H and O–H groups in total. The van der Waals surface area contributed by atoms with E-state index in [0.29, 0.717) is 10.9 Å². The first-order valence-electron chi connectivity index (χ1n) is 7.09. The molecule has 112 valence electrons. The summed E-state index contributed by atoms with van der Waals surface area (Å²) < 4.78 is 0. The summed E-state index contributed by atoms with van der Waals surface area (Å²) in [4.78, 5) is 20.9. The van der Waals surface area contributed by atoms with E-state index >= 15 is 0 Å². The number of anilines is 1. The Morgan fingerprint density at radius 2 is 2.30 bits per heavy atom. The third-order valence-corrected chi connectivity index (χ3v) is 5.20. The van der Waals surface area contributed by atoms with Crippen LogP contribution in [-0.4, -0.2) is 54.2 Å². The summed E-state index contributed by atoms with van der Waals surface area (Å²) in [5.74, 6) is -0.661. The van der Waals surface area contributed by atoms with E-state index in [0.717, 1.165) is 36.8 Å². The predicted molar refractivity (Wildman–Crippen MR) is 82.1 cm³/mol. The number of rotatable bonds is 5. The van der Waals surface area contributed by atoms with Crippen LogP contribution in [0.1, 0.15) is 48.0 Å². The van der Waals surface area contributed by atoms with Crippen LogP contribution in [0, 0.1) is 0 Å². The monoisotopic (exact) mass is 297 g/mol. The number of hydrogen-bond donors (Lipinski definition) is 1. The summed E-state index contributed by atoms with van der Waals surface area (Å²) in [5.41, 5.74) is 0.744. The van der Waals surface area contributed by atoms with Crippen LogP contribution in [0.15, 0.2) is 0 Å². The summed E-state index contributed by atoms with van der Waals surface area (Å²) in [7, 11) is 4.17. The highest BCUT2D eigenvalue weighted by atomic mass is 32.1. The molecule has 0 aliphatic carbocycles. The quantitative estimate of drug-likeness (QED) is 0.905.